The number of hydrazine groups is 1. The van der Waals surface area contributed by atoms with Crippen molar-refractivity contribution >= 4 is 17.2 Å². The van der Waals surface area contributed by atoms with Crippen molar-refractivity contribution in [2.75, 3.05) is 30.5 Å². The number of nitrogens with two attached hydrogens (primary N) is 2. The fourth-order valence-corrected chi connectivity index (χ4v) is 8.31. The van der Waals surface area contributed by atoms with Crippen LogP contribution in [0.2, 0.25) is 0 Å². The summed E-state index contributed by atoms with van der Waals surface area (Å²) in [5.74, 6) is 10.6. The molecule has 6 nitrogen and oxygen atoms in total. The summed E-state index contributed by atoms with van der Waals surface area (Å²) in [4.78, 5) is 17.6. The molecule has 1 aromatic heterocycles. The normalized spacial score (nSPS) is 34.9. The van der Waals surface area contributed by atoms with E-state index in [1.54, 1.807) is 18.5 Å². The van der Waals surface area contributed by atoms with E-state index in [9.17, 15) is 4.79 Å². The Kier molecular flexibility index (Phi) is 8.19. The maximum Gasteiger partial charge on any atom is 0.157 e. The topological polar surface area (TPSA) is 94.5 Å². The molecule has 0 aliphatic heterocycles. The molecule has 1 aromatic rings. The highest BCUT2D eigenvalue weighted by Gasteiger charge is 2.57. The van der Waals surface area contributed by atoms with Crippen molar-refractivity contribution in [1.82, 2.24) is 4.98 Å². The zero-order chi connectivity index (χ0) is 24.3. The Morgan fingerprint density at radius 1 is 1.18 bits per heavy atom. The van der Waals surface area contributed by atoms with Gasteiger partial charge in [0.15, 0.2) is 5.78 Å². The summed E-state index contributed by atoms with van der Waals surface area (Å²) in [6.07, 6.45) is 14.4. The number of fused-ring (bicyclic) bond motifs is 3. The third-order valence-electron chi connectivity index (χ3n) is 9.83. The molecule has 3 saturated carbocycles. The van der Waals surface area contributed by atoms with E-state index < -0.39 is 0 Å². The van der Waals surface area contributed by atoms with Crippen LogP contribution < -0.4 is 16.6 Å². The molecule has 3 fully saturated rings. The van der Waals surface area contributed by atoms with Crippen LogP contribution in [0.5, 0.6) is 0 Å². The molecular formula is C28H46N4O2. The second-order valence-electron chi connectivity index (χ2n) is 11.4. The zero-order valence-electron chi connectivity index (χ0n) is 21.5. The Hall–Kier alpha value is -1.66. The quantitative estimate of drug-likeness (QED) is 0.276. The molecule has 3 aliphatic rings. The predicted molar refractivity (Wildman–Crippen MR) is 138 cm³/mol. The summed E-state index contributed by atoms with van der Waals surface area (Å²) in [6.45, 7) is 8.80. The first-order valence-electron chi connectivity index (χ1n) is 13.7. The number of rotatable bonds is 10. The Balaban J connectivity index is 1.44. The summed E-state index contributed by atoms with van der Waals surface area (Å²) in [7, 11) is 0. The molecule has 1 heterocycles. The number of nitrogens with zero attached hydrogens (tertiary/aromatic N) is 2. The van der Waals surface area contributed by atoms with Gasteiger partial charge in [0.25, 0.3) is 0 Å². The fraction of sp³-hybridized carbons (Fsp3) is 0.786. The lowest BCUT2D eigenvalue weighted by Crippen LogP contribution is -2.49. The zero-order valence-corrected chi connectivity index (χ0v) is 21.5. The van der Waals surface area contributed by atoms with Gasteiger partial charge < -0.3 is 15.5 Å². The summed E-state index contributed by atoms with van der Waals surface area (Å²) in [5.41, 5.74) is 7.34. The van der Waals surface area contributed by atoms with Gasteiger partial charge in [0.2, 0.25) is 0 Å². The van der Waals surface area contributed by atoms with Gasteiger partial charge in [-0.25, -0.2) is 5.84 Å². The molecule has 34 heavy (non-hydrogen) atoms. The van der Waals surface area contributed by atoms with Crippen molar-refractivity contribution in [2.45, 2.75) is 78.6 Å². The number of carbonyl (C=O) groups is 1. The number of nitrogen functional groups attached to an aromatic ring is 1. The molecule has 6 heteroatoms. The average molecular weight is 471 g/mol. The minimum absolute atomic E-state index is 0.105. The monoisotopic (exact) mass is 470 g/mol. The van der Waals surface area contributed by atoms with Crippen molar-refractivity contribution in [3.05, 3.63) is 18.5 Å². The first-order chi connectivity index (χ1) is 16.4. The fourth-order valence-electron chi connectivity index (χ4n) is 8.31. The minimum Gasteiger partial charge on any atom is -0.396 e. The lowest BCUT2D eigenvalue weighted by molar-refractivity contribution is -0.128. The molecule has 4 N–H and O–H groups in total. The van der Waals surface area contributed by atoms with Gasteiger partial charge in [-0.1, -0.05) is 26.7 Å². The highest BCUT2D eigenvalue weighted by molar-refractivity contribution is 5.87. The summed E-state index contributed by atoms with van der Waals surface area (Å²) in [6, 6.07) is 1.78. The number of ether oxygens (including phenoxy) is 1. The van der Waals surface area contributed by atoms with Crippen molar-refractivity contribution in [2.24, 2.45) is 46.8 Å². The number of aromatic nitrogens is 1. The first kappa shape index (κ1) is 25.4. The Morgan fingerprint density at radius 2 is 2.00 bits per heavy atom. The van der Waals surface area contributed by atoms with E-state index in [4.69, 9.17) is 16.3 Å². The van der Waals surface area contributed by atoms with E-state index in [2.05, 4.69) is 25.8 Å². The maximum atomic E-state index is 13.5. The van der Waals surface area contributed by atoms with Gasteiger partial charge in [0.1, 0.15) is 0 Å². The Morgan fingerprint density at radius 3 is 2.74 bits per heavy atom. The van der Waals surface area contributed by atoms with Gasteiger partial charge in [-0.3, -0.25) is 9.78 Å². The van der Waals surface area contributed by atoms with Crippen LogP contribution >= 0.6 is 0 Å². The molecule has 190 valence electrons. The molecule has 0 radical (unpaired) electrons. The van der Waals surface area contributed by atoms with Gasteiger partial charge in [0.05, 0.1) is 24.1 Å². The predicted octanol–water partition coefficient (Wildman–Crippen LogP) is 5.22. The lowest BCUT2D eigenvalue weighted by atomic mass is 9.50. The summed E-state index contributed by atoms with van der Waals surface area (Å²) >= 11 is 0. The van der Waals surface area contributed by atoms with Crippen LogP contribution in [0, 0.1) is 40.9 Å². The smallest absolute Gasteiger partial charge is 0.157 e. The number of ketones is 1. The van der Waals surface area contributed by atoms with Gasteiger partial charge in [0, 0.05) is 25.3 Å². The molecule has 0 saturated heterocycles. The maximum absolute atomic E-state index is 13.5. The van der Waals surface area contributed by atoms with Crippen molar-refractivity contribution in [3.8, 4) is 0 Å². The van der Waals surface area contributed by atoms with Crippen molar-refractivity contribution in [1.29, 1.82) is 0 Å². The van der Waals surface area contributed by atoms with Crippen LogP contribution in [0.1, 0.15) is 78.6 Å². The van der Waals surface area contributed by atoms with Crippen LogP contribution in [0.15, 0.2) is 18.5 Å². The van der Waals surface area contributed by atoms with E-state index >= 15 is 0 Å². The van der Waals surface area contributed by atoms with E-state index in [1.165, 1.54) is 56.4 Å². The van der Waals surface area contributed by atoms with E-state index in [1.807, 2.05) is 0 Å². The third kappa shape index (κ3) is 4.86. The summed E-state index contributed by atoms with van der Waals surface area (Å²) < 4.78 is 5.73. The first-order valence-corrected chi connectivity index (χ1v) is 13.7. The number of pyridine rings is 1. The number of hydrogen-bond donors (Lipinski definition) is 2. The highest BCUT2D eigenvalue weighted by atomic mass is 16.5. The molecule has 7 atom stereocenters. The van der Waals surface area contributed by atoms with Crippen LogP contribution in [0.3, 0.4) is 0 Å². The molecule has 7 unspecified atom stereocenters. The Labute approximate surface area is 206 Å². The molecule has 3 aliphatic carbocycles. The number of anilines is 2. The van der Waals surface area contributed by atoms with Crippen LogP contribution in [-0.4, -0.2) is 30.5 Å². The number of carbonyl (C=O) groups excluding carboxylic acids is 1. The number of Topliss-reactive ketones (excluding diaryl/α,β-unsaturated/α-hetero) is 1. The molecular weight excluding hydrogens is 424 g/mol. The van der Waals surface area contributed by atoms with Crippen molar-refractivity contribution in [3.63, 3.8) is 0 Å². The second kappa shape index (κ2) is 10.9. The third-order valence-corrected chi connectivity index (χ3v) is 9.83. The minimum atomic E-state index is 0.105. The molecule has 4 rings (SSSR count). The SMILES string of the molecule is CCCC1C(CCOCC)CCC2C1CCC1(C)C(C(=O)CN(N)c3ccncc3N)CCC21. The van der Waals surface area contributed by atoms with Gasteiger partial charge >= 0.3 is 0 Å². The van der Waals surface area contributed by atoms with Crippen LogP contribution in [0.4, 0.5) is 11.4 Å². The number of hydrogen-bond acceptors (Lipinski definition) is 6. The molecule has 0 spiro atoms. The van der Waals surface area contributed by atoms with E-state index in [0.717, 1.165) is 43.3 Å². The lowest BCUT2D eigenvalue weighted by Gasteiger charge is -2.54. The average Bonchev–Trinajstić information content (AvgIpc) is 3.18. The van der Waals surface area contributed by atoms with E-state index in [0.29, 0.717) is 17.3 Å². The van der Waals surface area contributed by atoms with E-state index in [-0.39, 0.29) is 23.7 Å². The molecule has 0 amide bonds. The Bertz CT molecular complexity index is 832. The largest absolute Gasteiger partial charge is 0.396 e. The van der Waals surface area contributed by atoms with Crippen LogP contribution in [0.25, 0.3) is 0 Å². The second-order valence-corrected chi connectivity index (χ2v) is 11.4. The molecule has 0 bridgehead atoms. The van der Waals surface area contributed by atoms with Gasteiger partial charge in [-0.2, -0.15) is 0 Å². The standard InChI is InChI=1S/C28H46N4O2/c1-4-6-20-19(13-16-34-5-2)7-8-22-21(20)11-14-28(3)23(22)9-10-24(28)27(33)18-32(30)26-12-15-31-17-25(26)29/h12,15,17,19-24H,4-11,13-14,16,18,29-30H2,1-3H3. The van der Waals surface area contributed by atoms with Crippen molar-refractivity contribution < 1.29 is 9.53 Å². The van der Waals surface area contributed by atoms with Crippen LogP contribution in [-0.2, 0) is 9.53 Å². The van der Waals surface area contributed by atoms with Gasteiger partial charge in [-0.15, -0.1) is 0 Å². The highest BCUT2D eigenvalue weighted by Crippen LogP contribution is 2.63. The van der Waals surface area contributed by atoms with Gasteiger partial charge in [-0.05, 0) is 92.9 Å². The summed E-state index contributed by atoms with van der Waals surface area (Å²) in [5, 5.41) is 1.52. The molecule has 0 aromatic carbocycles.